The third-order valence-corrected chi connectivity index (χ3v) is 1.97. The minimum atomic E-state index is 0.675. The molecule has 4 heteroatoms. The number of benzene rings is 1. The molecule has 0 aliphatic heterocycles. The molecule has 0 N–H and O–H groups in total. The molecule has 0 aliphatic rings. The predicted molar refractivity (Wildman–Crippen MR) is 46.0 cm³/mol. The highest BCUT2D eigenvalue weighted by Crippen LogP contribution is 2.21. The lowest BCUT2D eigenvalue weighted by Crippen LogP contribution is -1.75. The van der Waals surface area contributed by atoms with Crippen LogP contribution in [0, 0.1) is 0 Å². The Hall–Kier alpha value is -0.730. The summed E-state index contributed by atoms with van der Waals surface area (Å²) in [5.74, 6) is 0. The van der Waals surface area contributed by atoms with Crippen molar-refractivity contribution in [2.24, 2.45) is 0 Å². The lowest BCUT2D eigenvalue weighted by Gasteiger charge is -1.87. The van der Waals surface area contributed by atoms with Crippen LogP contribution in [0.5, 0.6) is 0 Å². The Labute approximate surface area is 73.4 Å². The van der Waals surface area contributed by atoms with Crippen molar-refractivity contribution < 1.29 is 0 Å². The molecule has 0 amide bonds. The molecule has 0 saturated carbocycles. The van der Waals surface area contributed by atoms with Crippen molar-refractivity contribution in [2.45, 2.75) is 0 Å². The van der Waals surface area contributed by atoms with Crippen molar-refractivity contribution in [3.05, 3.63) is 29.4 Å². The van der Waals surface area contributed by atoms with Crippen LogP contribution in [0.2, 0.25) is 5.02 Å². The standard InChI is InChI=1S/C7H4Cl2N2/c8-6-2-1-3-7-5(6)4-11(9)10-7/h1-4H. The van der Waals surface area contributed by atoms with Crippen molar-refractivity contribution in [3.8, 4) is 0 Å². The molecule has 0 atom stereocenters. The van der Waals surface area contributed by atoms with Crippen molar-refractivity contribution in [1.82, 2.24) is 9.30 Å². The molecule has 0 bridgehead atoms. The van der Waals surface area contributed by atoms with Crippen LogP contribution >= 0.6 is 23.4 Å². The molecule has 0 saturated heterocycles. The van der Waals surface area contributed by atoms with Gasteiger partial charge in [-0.25, -0.2) is 0 Å². The number of hydrogen-bond acceptors (Lipinski definition) is 1. The Morgan fingerprint density at radius 2 is 2.18 bits per heavy atom. The van der Waals surface area contributed by atoms with Crippen LogP contribution in [0.25, 0.3) is 10.9 Å². The Kier molecular flexibility index (Phi) is 1.51. The molecule has 11 heavy (non-hydrogen) atoms. The molecule has 1 aromatic heterocycles. The smallest absolute Gasteiger partial charge is 0.0953 e. The first-order chi connectivity index (χ1) is 5.27. The molecule has 1 aromatic carbocycles. The minimum Gasteiger partial charge on any atom is -0.179 e. The Bertz CT molecular complexity index is 394. The SMILES string of the molecule is Clc1cccc2nn(Cl)cc12. The van der Waals surface area contributed by atoms with Gasteiger partial charge in [0.15, 0.2) is 0 Å². The Morgan fingerprint density at radius 1 is 1.36 bits per heavy atom. The highest BCUT2D eigenvalue weighted by Gasteiger charge is 2.01. The first kappa shape index (κ1) is 6.95. The van der Waals surface area contributed by atoms with E-state index in [1.54, 1.807) is 6.20 Å². The first-order valence-electron chi connectivity index (χ1n) is 3.07. The number of fused-ring (bicyclic) bond motifs is 1. The van der Waals surface area contributed by atoms with E-state index in [9.17, 15) is 0 Å². The maximum atomic E-state index is 5.86. The van der Waals surface area contributed by atoms with Gasteiger partial charge in [-0.3, -0.25) is 0 Å². The summed E-state index contributed by atoms with van der Waals surface area (Å²) >= 11 is 11.5. The predicted octanol–water partition coefficient (Wildman–Crippen LogP) is 2.69. The van der Waals surface area contributed by atoms with E-state index in [-0.39, 0.29) is 0 Å². The maximum absolute atomic E-state index is 5.86. The van der Waals surface area contributed by atoms with Gasteiger partial charge in [0, 0.05) is 17.2 Å². The van der Waals surface area contributed by atoms with Crippen molar-refractivity contribution in [1.29, 1.82) is 0 Å². The summed E-state index contributed by atoms with van der Waals surface area (Å²) in [5, 5.41) is 5.53. The largest absolute Gasteiger partial charge is 0.179 e. The molecule has 2 nitrogen and oxygen atoms in total. The molecule has 0 unspecified atom stereocenters. The van der Waals surface area contributed by atoms with Gasteiger partial charge in [-0.15, -0.1) is 0 Å². The number of aromatic nitrogens is 2. The van der Waals surface area contributed by atoms with Crippen LogP contribution < -0.4 is 0 Å². The van der Waals surface area contributed by atoms with E-state index >= 15 is 0 Å². The van der Waals surface area contributed by atoms with Gasteiger partial charge < -0.3 is 0 Å². The summed E-state index contributed by atoms with van der Waals surface area (Å²) in [4.78, 5) is 0. The van der Waals surface area contributed by atoms with Crippen molar-refractivity contribution >= 4 is 34.3 Å². The van der Waals surface area contributed by atoms with Crippen LogP contribution in [0.3, 0.4) is 0 Å². The molecule has 0 radical (unpaired) electrons. The van der Waals surface area contributed by atoms with Crippen LogP contribution in [-0.2, 0) is 0 Å². The number of hydrogen-bond donors (Lipinski definition) is 0. The number of halogens is 2. The van der Waals surface area contributed by atoms with E-state index < -0.39 is 0 Å². The maximum Gasteiger partial charge on any atom is 0.0953 e. The molecular weight excluding hydrogens is 183 g/mol. The van der Waals surface area contributed by atoms with Gasteiger partial charge >= 0.3 is 0 Å². The number of nitrogens with zero attached hydrogens (tertiary/aromatic N) is 2. The molecule has 0 aliphatic carbocycles. The average molecular weight is 187 g/mol. The molecule has 0 fully saturated rings. The lowest BCUT2D eigenvalue weighted by molar-refractivity contribution is 1.02. The lowest BCUT2D eigenvalue weighted by atomic mass is 10.3. The van der Waals surface area contributed by atoms with Crippen LogP contribution in [0.1, 0.15) is 0 Å². The summed E-state index contributed by atoms with van der Waals surface area (Å²) in [5.41, 5.74) is 0.813. The monoisotopic (exact) mass is 186 g/mol. The highest BCUT2D eigenvalue weighted by molar-refractivity contribution is 6.35. The quantitative estimate of drug-likeness (QED) is 0.619. The summed E-state index contributed by atoms with van der Waals surface area (Å²) in [6.45, 7) is 0. The normalized spacial score (nSPS) is 10.7. The minimum absolute atomic E-state index is 0.675. The number of rotatable bonds is 0. The average Bonchev–Trinajstić information content (AvgIpc) is 2.31. The van der Waals surface area contributed by atoms with Crippen molar-refractivity contribution in [3.63, 3.8) is 0 Å². The molecule has 2 rings (SSSR count). The van der Waals surface area contributed by atoms with Gasteiger partial charge in [0.25, 0.3) is 0 Å². The van der Waals surface area contributed by atoms with Gasteiger partial charge in [0.05, 0.1) is 16.7 Å². The van der Waals surface area contributed by atoms with Gasteiger partial charge in [-0.2, -0.15) is 9.30 Å². The van der Waals surface area contributed by atoms with Crippen molar-refractivity contribution in [2.75, 3.05) is 0 Å². The summed E-state index contributed by atoms with van der Waals surface area (Å²) in [6, 6.07) is 5.51. The van der Waals surface area contributed by atoms with E-state index in [1.165, 1.54) is 4.20 Å². The summed E-state index contributed by atoms with van der Waals surface area (Å²) in [6.07, 6.45) is 1.68. The highest BCUT2D eigenvalue weighted by atomic mass is 35.5. The fourth-order valence-electron chi connectivity index (χ4n) is 0.979. The van der Waals surface area contributed by atoms with Gasteiger partial charge in [0.2, 0.25) is 0 Å². The Morgan fingerprint density at radius 3 is 2.91 bits per heavy atom. The van der Waals surface area contributed by atoms with E-state index in [4.69, 9.17) is 23.4 Å². The van der Waals surface area contributed by atoms with Gasteiger partial charge in [0.1, 0.15) is 0 Å². The second-order valence-corrected chi connectivity index (χ2v) is 2.94. The fraction of sp³-hybridized carbons (Fsp3) is 0. The third kappa shape index (κ3) is 1.08. The topological polar surface area (TPSA) is 17.8 Å². The van der Waals surface area contributed by atoms with Gasteiger partial charge in [-0.05, 0) is 12.1 Å². The zero-order valence-corrected chi connectivity index (χ0v) is 6.97. The van der Waals surface area contributed by atoms with E-state index in [2.05, 4.69) is 5.10 Å². The fourth-order valence-corrected chi connectivity index (χ4v) is 1.38. The van der Waals surface area contributed by atoms with Crippen LogP contribution in [-0.4, -0.2) is 9.30 Å². The second-order valence-electron chi connectivity index (χ2n) is 2.19. The van der Waals surface area contributed by atoms with Crippen LogP contribution in [0.15, 0.2) is 24.4 Å². The zero-order chi connectivity index (χ0) is 7.84. The van der Waals surface area contributed by atoms with Crippen LogP contribution in [0.4, 0.5) is 0 Å². The van der Waals surface area contributed by atoms with E-state index in [0.29, 0.717) is 5.02 Å². The molecule has 56 valence electrons. The Balaban J connectivity index is 2.90. The van der Waals surface area contributed by atoms with Gasteiger partial charge in [-0.1, -0.05) is 17.7 Å². The molecule has 2 aromatic rings. The zero-order valence-electron chi connectivity index (χ0n) is 5.46. The summed E-state index contributed by atoms with van der Waals surface area (Å²) in [7, 11) is 0. The summed E-state index contributed by atoms with van der Waals surface area (Å²) < 4.78 is 1.23. The molecular formula is C7H4Cl2N2. The van der Waals surface area contributed by atoms with E-state index in [0.717, 1.165) is 10.9 Å². The first-order valence-corrected chi connectivity index (χ1v) is 3.79. The van der Waals surface area contributed by atoms with E-state index in [1.807, 2.05) is 18.2 Å². The molecule has 1 heterocycles. The second kappa shape index (κ2) is 2.40. The molecule has 0 spiro atoms. The third-order valence-electron chi connectivity index (χ3n) is 1.47.